The molecule has 1 aliphatic carbocycles. The zero-order valence-corrected chi connectivity index (χ0v) is 11.6. The number of pyridine rings is 1. The summed E-state index contributed by atoms with van der Waals surface area (Å²) in [5.74, 6) is 0.324. The zero-order chi connectivity index (χ0) is 14.0. The van der Waals surface area contributed by atoms with Crippen molar-refractivity contribution in [3.63, 3.8) is 0 Å². The van der Waals surface area contributed by atoms with Crippen LogP contribution >= 0.6 is 0 Å². The van der Waals surface area contributed by atoms with Crippen LogP contribution in [0.4, 0.5) is 0 Å². The number of nitrogens with zero attached hydrogens (tertiary/aromatic N) is 1. The molecule has 0 atom stereocenters. The molecule has 3 aromatic heterocycles. The highest BCUT2D eigenvalue weighted by atomic mass is 16.3. The van der Waals surface area contributed by atoms with Crippen molar-refractivity contribution in [3.05, 3.63) is 59.7 Å². The van der Waals surface area contributed by atoms with Crippen molar-refractivity contribution in [1.29, 1.82) is 0 Å². The minimum atomic E-state index is 0.324. The molecule has 4 aromatic rings. The molecule has 21 heavy (non-hydrogen) atoms. The molecule has 0 radical (unpaired) electrons. The minimum absolute atomic E-state index is 0.324. The molecule has 0 saturated heterocycles. The van der Waals surface area contributed by atoms with Gasteiger partial charge in [-0.1, -0.05) is 18.2 Å². The molecule has 3 heterocycles. The summed E-state index contributed by atoms with van der Waals surface area (Å²) in [5, 5.41) is 9.54. The Kier molecular flexibility index (Phi) is 2.02. The first-order valence-electron chi connectivity index (χ1n) is 7.49. The number of rotatable bonds is 1. The number of aromatic hydroxyl groups is 1. The molecular weight excluding hydrogens is 258 g/mol. The van der Waals surface area contributed by atoms with Gasteiger partial charge in [0.05, 0.1) is 11.0 Å². The van der Waals surface area contributed by atoms with Crippen LogP contribution in [0.1, 0.15) is 17.5 Å². The Balaban J connectivity index is 1.96. The van der Waals surface area contributed by atoms with Gasteiger partial charge in [0.2, 0.25) is 0 Å². The molecular formula is C19H15NO. The fourth-order valence-corrected chi connectivity index (χ4v) is 3.89. The molecule has 0 aliphatic heterocycles. The lowest BCUT2D eigenvalue weighted by atomic mass is 9.91. The number of phenols is 1. The van der Waals surface area contributed by atoms with Crippen molar-refractivity contribution in [2.75, 3.05) is 0 Å². The van der Waals surface area contributed by atoms with Crippen LogP contribution in [-0.4, -0.2) is 9.51 Å². The molecule has 0 fully saturated rings. The third-order valence-corrected chi connectivity index (χ3v) is 4.77. The Labute approximate surface area is 122 Å². The summed E-state index contributed by atoms with van der Waals surface area (Å²) in [6.45, 7) is 0. The largest absolute Gasteiger partial charge is 0.508 e. The van der Waals surface area contributed by atoms with Crippen molar-refractivity contribution in [2.45, 2.75) is 19.3 Å². The summed E-state index contributed by atoms with van der Waals surface area (Å²) in [5.41, 5.74) is 9.48. The van der Waals surface area contributed by atoms with Gasteiger partial charge < -0.3 is 9.51 Å². The molecule has 2 nitrogen and oxygen atoms in total. The molecule has 0 unspecified atom stereocenters. The second-order valence-electron chi connectivity index (χ2n) is 5.94. The third-order valence-electron chi connectivity index (χ3n) is 4.77. The first kappa shape index (κ1) is 11.2. The SMILES string of the molecule is Oc1ccc(-c2c3c4c(ccc5ccc2n54)CCC3)cc1. The van der Waals surface area contributed by atoms with E-state index in [1.807, 2.05) is 12.1 Å². The number of benzene rings is 1. The summed E-state index contributed by atoms with van der Waals surface area (Å²) in [6.07, 6.45) is 3.54. The van der Waals surface area contributed by atoms with Crippen LogP contribution in [0.25, 0.3) is 27.7 Å². The van der Waals surface area contributed by atoms with E-state index in [9.17, 15) is 5.11 Å². The van der Waals surface area contributed by atoms with Gasteiger partial charge in [-0.25, -0.2) is 0 Å². The van der Waals surface area contributed by atoms with E-state index in [2.05, 4.69) is 28.7 Å². The first-order valence-corrected chi connectivity index (χ1v) is 7.49. The number of hydrogen-bond acceptors (Lipinski definition) is 1. The standard InChI is InChI=1S/C19H15NO/c21-15-9-5-12(6-10-15)18-16-3-1-2-13-4-7-14-8-11-17(18)20(14)19(13)16/h4-11,21H,1-3H2. The average molecular weight is 273 g/mol. The van der Waals surface area contributed by atoms with Crippen LogP contribution in [0.15, 0.2) is 48.5 Å². The minimum Gasteiger partial charge on any atom is -0.508 e. The Morgan fingerprint density at radius 3 is 2.52 bits per heavy atom. The second kappa shape index (κ2) is 3.79. The van der Waals surface area contributed by atoms with Gasteiger partial charge in [0, 0.05) is 11.1 Å². The van der Waals surface area contributed by atoms with Crippen molar-refractivity contribution in [1.82, 2.24) is 4.40 Å². The Bertz CT molecular complexity index is 963. The predicted octanol–water partition coefficient (Wildman–Crippen LogP) is 4.39. The fraction of sp³-hybridized carbons (Fsp3) is 0.158. The fourth-order valence-electron chi connectivity index (χ4n) is 3.89. The molecule has 2 heteroatoms. The van der Waals surface area contributed by atoms with Gasteiger partial charge in [-0.15, -0.1) is 0 Å². The molecule has 0 saturated carbocycles. The summed E-state index contributed by atoms with van der Waals surface area (Å²) in [7, 11) is 0. The van der Waals surface area contributed by atoms with Crippen molar-refractivity contribution >= 4 is 16.6 Å². The van der Waals surface area contributed by atoms with Gasteiger partial charge in [-0.3, -0.25) is 0 Å². The van der Waals surface area contributed by atoms with Gasteiger partial charge in [0.25, 0.3) is 0 Å². The van der Waals surface area contributed by atoms with E-state index in [4.69, 9.17) is 0 Å². The van der Waals surface area contributed by atoms with Gasteiger partial charge in [0.15, 0.2) is 0 Å². The number of aromatic nitrogens is 1. The molecule has 1 aliphatic rings. The zero-order valence-electron chi connectivity index (χ0n) is 11.6. The monoisotopic (exact) mass is 273 g/mol. The molecule has 1 aromatic carbocycles. The Hall–Kier alpha value is -2.48. The smallest absolute Gasteiger partial charge is 0.115 e. The van der Waals surface area contributed by atoms with Crippen molar-refractivity contribution in [3.8, 4) is 16.9 Å². The summed E-state index contributed by atoms with van der Waals surface area (Å²) < 4.78 is 2.41. The van der Waals surface area contributed by atoms with E-state index in [0.29, 0.717) is 5.75 Å². The average Bonchev–Trinajstić information content (AvgIpc) is 3.06. The van der Waals surface area contributed by atoms with Crippen LogP contribution in [-0.2, 0) is 12.8 Å². The highest BCUT2D eigenvalue weighted by Gasteiger charge is 2.23. The molecule has 5 rings (SSSR count). The lowest BCUT2D eigenvalue weighted by Crippen LogP contribution is -2.01. The highest BCUT2D eigenvalue weighted by molar-refractivity contribution is 5.96. The molecule has 102 valence electrons. The maximum absolute atomic E-state index is 9.54. The van der Waals surface area contributed by atoms with Gasteiger partial charge >= 0.3 is 0 Å². The Morgan fingerprint density at radius 1 is 0.857 bits per heavy atom. The highest BCUT2D eigenvalue weighted by Crippen LogP contribution is 2.41. The van der Waals surface area contributed by atoms with Gasteiger partial charge in [0.1, 0.15) is 5.75 Å². The van der Waals surface area contributed by atoms with Crippen LogP contribution in [0, 0.1) is 0 Å². The van der Waals surface area contributed by atoms with Crippen LogP contribution in [0.2, 0.25) is 0 Å². The van der Waals surface area contributed by atoms with E-state index in [0.717, 1.165) is 6.42 Å². The molecule has 1 N–H and O–H groups in total. The Morgan fingerprint density at radius 2 is 1.67 bits per heavy atom. The third kappa shape index (κ3) is 1.37. The number of aryl methyl sites for hydroxylation is 2. The van der Waals surface area contributed by atoms with Crippen LogP contribution < -0.4 is 0 Å². The second-order valence-corrected chi connectivity index (χ2v) is 5.94. The summed E-state index contributed by atoms with van der Waals surface area (Å²) in [4.78, 5) is 0. The van der Waals surface area contributed by atoms with E-state index < -0.39 is 0 Å². The number of hydrogen-bond donors (Lipinski definition) is 1. The molecule has 0 bridgehead atoms. The molecule has 0 amide bonds. The van der Waals surface area contributed by atoms with E-state index in [-0.39, 0.29) is 0 Å². The van der Waals surface area contributed by atoms with Crippen LogP contribution in [0.5, 0.6) is 5.75 Å². The quantitative estimate of drug-likeness (QED) is 0.546. The van der Waals surface area contributed by atoms with Gasteiger partial charge in [-0.05, 0) is 66.3 Å². The first-order chi connectivity index (χ1) is 10.3. The van der Waals surface area contributed by atoms with Gasteiger partial charge in [-0.2, -0.15) is 0 Å². The predicted molar refractivity (Wildman–Crippen MR) is 85.2 cm³/mol. The topological polar surface area (TPSA) is 24.6 Å². The van der Waals surface area contributed by atoms with E-state index in [1.54, 1.807) is 12.1 Å². The van der Waals surface area contributed by atoms with Crippen LogP contribution in [0.3, 0.4) is 0 Å². The summed E-state index contributed by atoms with van der Waals surface area (Å²) >= 11 is 0. The van der Waals surface area contributed by atoms with E-state index in [1.165, 1.54) is 51.6 Å². The lowest BCUT2D eigenvalue weighted by Gasteiger charge is -2.14. The lowest BCUT2D eigenvalue weighted by molar-refractivity contribution is 0.475. The van der Waals surface area contributed by atoms with Crippen molar-refractivity contribution < 1.29 is 5.11 Å². The summed E-state index contributed by atoms with van der Waals surface area (Å²) in [6, 6.07) is 16.5. The maximum atomic E-state index is 9.54. The maximum Gasteiger partial charge on any atom is 0.115 e. The molecule has 0 spiro atoms. The van der Waals surface area contributed by atoms with Crippen molar-refractivity contribution in [2.24, 2.45) is 0 Å². The normalized spacial score (nSPS) is 14.3. The number of phenolic OH excluding ortho intramolecular Hbond substituents is 1. The van der Waals surface area contributed by atoms with E-state index >= 15 is 0 Å².